The van der Waals surface area contributed by atoms with Crippen molar-refractivity contribution in [2.75, 3.05) is 5.73 Å². The van der Waals surface area contributed by atoms with Crippen LogP contribution < -0.4 is 5.73 Å². The second-order valence-electron chi connectivity index (χ2n) is 3.84. The second-order valence-corrected chi connectivity index (χ2v) is 3.84. The lowest BCUT2D eigenvalue weighted by Crippen LogP contribution is -1.93. The highest BCUT2D eigenvalue weighted by molar-refractivity contribution is 5.57. The second kappa shape index (κ2) is 4.29. The molecule has 1 aromatic carbocycles. The number of nitrogen functional groups attached to an aromatic ring is 1. The van der Waals surface area contributed by atoms with Gasteiger partial charge in [0.2, 0.25) is 0 Å². The summed E-state index contributed by atoms with van der Waals surface area (Å²) in [6.07, 6.45) is 6.85. The zero-order chi connectivity index (χ0) is 12.4. The van der Waals surface area contributed by atoms with Gasteiger partial charge in [-0.1, -0.05) is 18.2 Å². The molecule has 0 radical (unpaired) electrons. The van der Waals surface area contributed by atoms with Gasteiger partial charge in [-0.15, -0.1) is 0 Å². The van der Waals surface area contributed by atoms with E-state index in [0.717, 1.165) is 16.9 Å². The fraction of sp³-hybridized carbons (Fsp3) is 0. The predicted molar refractivity (Wildman–Crippen MR) is 69.0 cm³/mol. The topological polar surface area (TPSA) is 69.6 Å². The molecule has 3 aromatic rings. The number of nitrogens with zero attached hydrogens (tertiary/aromatic N) is 4. The molecule has 0 aliphatic carbocycles. The van der Waals surface area contributed by atoms with E-state index in [-0.39, 0.29) is 0 Å². The van der Waals surface area contributed by atoms with Crippen LogP contribution in [0.25, 0.3) is 16.9 Å². The Morgan fingerprint density at radius 2 is 1.78 bits per heavy atom. The third-order valence-electron chi connectivity index (χ3n) is 2.57. The van der Waals surface area contributed by atoms with Crippen LogP contribution >= 0.6 is 0 Å². The number of nitrogens with two attached hydrogens (primary N) is 1. The fourth-order valence-corrected chi connectivity index (χ4v) is 1.66. The number of benzene rings is 1. The Kier molecular flexibility index (Phi) is 2.49. The van der Waals surface area contributed by atoms with E-state index in [2.05, 4.69) is 15.1 Å². The van der Waals surface area contributed by atoms with E-state index in [4.69, 9.17) is 5.73 Å². The van der Waals surface area contributed by atoms with Crippen molar-refractivity contribution in [2.45, 2.75) is 0 Å². The largest absolute Gasteiger partial charge is 0.382 e. The van der Waals surface area contributed by atoms with Gasteiger partial charge in [0, 0.05) is 11.8 Å². The first-order valence-electron chi connectivity index (χ1n) is 5.51. The van der Waals surface area contributed by atoms with E-state index in [1.165, 1.54) is 6.20 Å². The van der Waals surface area contributed by atoms with Crippen molar-refractivity contribution in [2.24, 2.45) is 0 Å². The molecule has 5 nitrogen and oxygen atoms in total. The van der Waals surface area contributed by atoms with Crippen molar-refractivity contribution >= 4 is 5.82 Å². The molecule has 0 saturated heterocycles. The molecule has 0 aliphatic heterocycles. The van der Waals surface area contributed by atoms with Gasteiger partial charge in [-0.2, -0.15) is 5.10 Å². The molecule has 0 atom stereocenters. The number of hydrogen-bond donors (Lipinski definition) is 1. The van der Waals surface area contributed by atoms with Gasteiger partial charge in [0.1, 0.15) is 5.82 Å². The van der Waals surface area contributed by atoms with Gasteiger partial charge in [0.25, 0.3) is 0 Å². The Morgan fingerprint density at radius 1 is 0.944 bits per heavy atom. The van der Waals surface area contributed by atoms with Crippen molar-refractivity contribution in [3.05, 3.63) is 55.1 Å². The summed E-state index contributed by atoms with van der Waals surface area (Å²) in [5.74, 6) is 0.411. The van der Waals surface area contributed by atoms with Crippen molar-refractivity contribution in [1.82, 2.24) is 19.7 Å². The van der Waals surface area contributed by atoms with Crippen molar-refractivity contribution in [3.63, 3.8) is 0 Å². The zero-order valence-corrected chi connectivity index (χ0v) is 9.56. The smallest absolute Gasteiger partial charge is 0.141 e. The summed E-state index contributed by atoms with van der Waals surface area (Å²) < 4.78 is 1.80. The summed E-state index contributed by atoms with van der Waals surface area (Å²) in [5.41, 5.74) is 8.18. The monoisotopic (exact) mass is 237 g/mol. The minimum atomic E-state index is 0.411. The predicted octanol–water partition coefficient (Wildman–Crippen LogP) is 1.91. The number of hydrogen-bond acceptors (Lipinski definition) is 4. The van der Waals surface area contributed by atoms with Crippen molar-refractivity contribution in [3.8, 4) is 16.9 Å². The van der Waals surface area contributed by atoms with E-state index in [1.54, 1.807) is 17.1 Å². The SMILES string of the molecule is Nc1cnc(-c2cnn(-c3ccccc3)c2)cn1. The Balaban J connectivity index is 1.97. The van der Waals surface area contributed by atoms with Crippen LogP contribution in [0.3, 0.4) is 0 Å². The molecule has 0 unspecified atom stereocenters. The van der Waals surface area contributed by atoms with Crippen LogP contribution in [0.4, 0.5) is 5.82 Å². The first-order valence-corrected chi connectivity index (χ1v) is 5.51. The van der Waals surface area contributed by atoms with E-state index >= 15 is 0 Å². The summed E-state index contributed by atoms with van der Waals surface area (Å²) in [5, 5.41) is 4.30. The first kappa shape index (κ1) is 10.5. The average molecular weight is 237 g/mol. The summed E-state index contributed by atoms with van der Waals surface area (Å²) in [6.45, 7) is 0. The van der Waals surface area contributed by atoms with E-state index < -0.39 is 0 Å². The van der Waals surface area contributed by atoms with Gasteiger partial charge in [0.15, 0.2) is 0 Å². The molecular weight excluding hydrogens is 226 g/mol. The van der Waals surface area contributed by atoms with Crippen molar-refractivity contribution in [1.29, 1.82) is 0 Å². The zero-order valence-electron chi connectivity index (χ0n) is 9.56. The molecular formula is C13H11N5. The Morgan fingerprint density at radius 3 is 2.50 bits per heavy atom. The molecule has 0 aliphatic rings. The summed E-state index contributed by atoms with van der Waals surface area (Å²) in [7, 11) is 0. The molecule has 0 saturated carbocycles. The van der Waals surface area contributed by atoms with Crippen LogP contribution in [0.5, 0.6) is 0 Å². The summed E-state index contributed by atoms with van der Waals surface area (Å²) in [6, 6.07) is 9.90. The van der Waals surface area contributed by atoms with E-state index in [0.29, 0.717) is 5.82 Å². The normalized spacial score (nSPS) is 10.4. The van der Waals surface area contributed by atoms with Crippen LogP contribution in [0.1, 0.15) is 0 Å². The molecule has 88 valence electrons. The minimum Gasteiger partial charge on any atom is -0.382 e. The standard InChI is InChI=1S/C13H11N5/c14-13-8-15-12(7-16-13)10-6-17-18(9-10)11-4-2-1-3-5-11/h1-9H,(H2,14,16). The molecule has 0 fully saturated rings. The van der Waals surface area contributed by atoms with Gasteiger partial charge in [0.05, 0.1) is 30.0 Å². The number of aromatic nitrogens is 4. The van der Waals surface area contributed by atoms with Crippen LogP contribution in [0.15, 0.2) is 55.1 Å². The quantitative estimate of drug-likeness (QED) is 0.739. The maximum absolute atomic E-state index is 5.51. The molecule has 18 heavy (non-hydrogen) atoms. The molecule has 2 heterocycles. The maximum Gasteiger partial charge on any atom is 0.141 e. The molecule has 5 heteroatoms. The van der Waals surface area contributed by atoms with Crippen LogP contribution in [-0.2, 0) is 0 Å². The Labute approximate surface area is 104 Å². The van der Waals surface area contributed by atoms with Crippen LogP contribution in [0.2, 0.25) is 0 Å². The van der Waals surface area contributed by atoms with Gasteiger partial charge in [-0.25, -0.2) is 9.67 Å². The van der Waals surface area contributed by atoms with E-state index in [1.807, 2.05) is 36.5 Å². The number of rotatable bonds is 2. The lowest BCUT2D eigenvalue weighted by atomic mass is 10.2. The third kappa shape index (κ3) is 1.93. The number of para-hydroxylation sites is 1. The maximum atomic E-state index is 5.51. The highest BCUT2D eigenvalue weighted by Gasteiger charge is 2.04. The summed E-state index contributed by atoms with van der Waals surface area (Å²) >= 11 is 0. The molecule has 2 N–H and O–H groups in total. The fourth-order valence-electron chi connectivity index (χ4n) is 1.66. The average Bonchev–Trinajstić information content (AvgIpc) is 2.90. The number of anilines is 1. The highest BCUT2D eigenvalue weighted by Crippen LogP contribution is 2.17. The summed E-state index contributed by atoms with van der Waals surface area (Å²) in [4.78, 5) is 8.23. The molecule has 0 amide bonds. The van der Waals surface area contributed by atoms with Gasteiger partial charge >= 0.3 is 0 Å². The lowest BCUT2D eigenvalue weighted by Gasteiger charge is -1.99. The molecule has 2 aromatic heterocycles. The van der Waals surface area contributed by atoms with Crippen LogP contribution in [-0.4, -0.2) is 19.7 Å². The van der Waals surface area contributed by atoms with Gasteiger partial charge < -0.3 is 5.73 Å². The van der Waals surface area contributed by atoms with Crippen LogP contribution in [0, 0.1) is 0 Å². The molecule has 0 spiro atoms. The molecule has 3 rings (SSSR count). The first-order chi connectivity index (χ1) is 8.83. The molecule has 0 bridgehead atoms. The van der Waals surface area contributed by atoms with Gasteiger partial charge in [-0.3, -0.25) is 4.98 Å². The highest BCUT2D eigenvalue weighted by atomic mass is 15.3. The Hall–Kier alpha value is -2.69. The third-order valence-corrected chi connectivity index (χ3v) is 2.57. The van der Waals surface area contributed by atoms with E-state index in [9.17, 15) is 0 Å². The lowest BCUT2D eigenvalue weighted by molar-refractivity contribution is 0.880. The van der Waals surface area contributed by atoms with Gasteiger partial charge in [-0.05, 0) is 12.1 Å². The Bertz CT molecular complexity index is 643. The van der Waals surface area contributed by atoms with Crippen molar-refractivity contribution < 1.29 is 0 Å². The minimum absolute atomic E-state index is 0.411.